The van der Waals surface area contributed by atoms with Crippen molar-refractivity contribution in [2.75, 3.05) is 26.2 Å². The molecule has 0 aromatic rings. The molecule has 106 valence electrons. The molecule has 19 heavy (non-hydrogen) atoms. The quantitative estimate of drug-likeness (QED) is 0.799. The lowest BCUT2D eigenvalue weighted by Gasteiger charge is -2.28. The number of carbonyl (C=O) groups excluding carboxylic acids is 2. The Morgan fingerprint density at radius 2 is 2.05 bits per heavy atom. The van der Waals surface area contributed by atoms with Crippen LogP contribution in [0.15, 0.2) is 0 Å². The third-order valence-electron chi connectivity index (χ3n) is 4.09. The van der Waals surface area contributed by atoms with Gasteiger partial charge >= 0.3 is 5.97 Å². The molecule has 1 unspecified atom stereocenters. The maximum atomic E-state index is 12.1. The maximum Gasteiger partial charge on any atom is 0.311 e. The van der Waals surface area contributed by atoms with Crippen LogP contribution in [0.4, 0.5) is 0 Å². The fourth-order valence-corrected chi connectivity index (χ4v) is 2.64. The molecule has 1 atom stereocenters. The van der Waals surface area contributed by atoms with Gasteiger partial charge in [-0.3, -0.25) is 14.4 Å². The van der Waals surface area contributed by atoms with Gasteiger partial charge in [-0.25, -0.2) is 0 Å². The van der Waals surface area contributed by atoms with Crippen LogP contribution in [0.2, 0.25) is 0 Å². The monoisotopic (exact) mass is 268 g/mol. The molecule has 2 fully saturated rings. The van der Waals surface area contributed by atoms with E-state index in [1.54, 1.807) is 16.7 Å². The Bertz CT molecular complexity index is 409. The average molecular weight is 268 g/mol. The van der Waals surface area contributed by atoms with Crippen LogP contribution in [0.25, 0.3) is 0 Å². The Balaban J connectivity index is 1.91. The van der Waals surface area contributed by atoms with E-state index in [-0.39, 0.29) is 24.9 Å². The molecular formula is C13H20N2O4. The lowest BCUT2D eigenvalue weighted by Crippen LogP contribution is -2.44. The summed E-state index contributed by atoms with van der Waals surface area (Å²) in [5.41, 5.74) is -0.846. The lowest BCUT2D eigenvalue weighted by atomic mass is 9.90. The third-order valence-corrected chi connectivity index (χ3v) is 4.09. The standard InChI is InChI=1S/C13H20N2O4/c1-13(12(18)19)5-7-15(9-13)11(17)8-14-6-3-2-4-10(14)16/h2-9H2,1H3,(H,18,19). The summed E-state index contributed by atoms with van der Waals surface area (Å²) in [6, 6.07) is 0. The molecule has 0 bridgehead atoms. The first-order valence-corrected chi connectivity index (χ1v) is 6.71. The van der Waals surface area contributed by atoms with Crippen LogP contribution >= 0.6 is 0 Å². The van der Waals surface area contributed by atoms with E-state index in [4.69, 9.17) is 5.11 Å². The van der Waals surface area contributed by atoms with Crippen molar-refractivity contribution in [2.24, 2.45) is 5.41 Å². The van der Waals surface area contributed by atoms with Crippen molar-refractivity contribution >= 4 is 17.8 Å². The second-order valence-corrected chi connectivity index (χ2v) is 5.70. The first kappa shape index (κ1) is 13.8. The van der Waals surface area contributed by atoms with Gasteiger partial charge in [0.1, 0.15) is 0 Å². The maximum absolute atomic E-state index is 12.1. The number of carboxylic acid groups (broad SMARTS) is 1. The molecule has 0 aromatic heterocycles. The fraction of sp³-hybridized carbons (Fsp3) is 0.769. The van der Waals surface area contributed by atoms with Gasteiger partial charge in [-0.1, -0.05) is 0 Å². The summed E-state index contributed by atoms with van der Waals surface area (Å²) in [6.07, 6.45) is 2.82. The number of carbonyl (C=O) groups is 3. The van der Waals surface area contributed by atoms with Crippen molar-refractivity contribution in [3.05, 3.63) is 0 Å². The number of hydrogen-bond donors (Lipinski definition) is 1. The first-order chi connectivity index (χ1) is 8.92. The number of amides is 2. The van der Waals surface area contributed by atoms with E-state index in [1.807, 2.05) is 0 Å². The van der Waals surface area contributed by atoms with Crippen LogP contribution in [0.5, 0.6) is 0 Å². The number of likely N-dealkylation sites (tertiary alicyclic amines) is 2. The Hall–Kier alpha value is -1.59. The molecule has 2 heterocycles. The van der Waals surface area contributed by atoms with Crippen LogP contribution in [-0.2, 0) is 14.4 Å². The van der Waals surface area contributed by atoms with E-state index < -0.39 is 11.4 Å². The van der Waals surface area contributed by atoms with Gasteiger partial charge in [-0.2, -0.15) is 0 Å². The molecule has 0 saturated carbocycles. The molecule has 0 aromatic carbocycles. The number of nitrogens with zero attached hydrogens (tertiary/aromatic N) is 2. The van der Waals surface area contributed by atoms with Crippen molar-refractivity contribution in [3.8, 4) is 0 Å². The van der Waals surface area contributed by atoms with Gasteiger partial charge in [0.2, 0.25) is 11.8 Å². The minimum Gasteiger partial charge on any atom is -0.481 e. The molecule has 6 nitrogen and oxygen atoms in total. The van der Waals surface area contributed by atoms with Crippen LogP contribution in [0, 0.1) is 5.41 Å². The minimum absolute atomic E-state index is 0.0276. The zero-order chi connectivity index (χ0) is 14.0. The smallest absolute Gasteiger partial charge is 0.311 e. The number of hydrogen-bond acceptors (Lipinski definition) is 3. The molecule has 1 N–H and O–H groups in total. The molecule has 2 saturated heterocycles. The van der Waals surface area contributed by atoms with E-state index in [2.05, 4.69) is 0 Å². The van der Waals surface area contributed by atoms with E-state index in [1.165, 1.54) is 0 Å². The Morgan fingerprint density at radius 3 is 2.63 bits per heavy atom. The van der Waals surface area contributed by atoms with E-state index in [0.29, 0.717) is 25.9 Å². The van der Waals surface area contributed by atoms with Crippen LogP contribution < -0.4 is 0 Å². The number of aliphatic carboxylic acids is 1. The Labute approximate surface area is 112 Å². The molecule has 2 rings (SSSR count). The molecule has 0 radical (unpaired) electrons. The predicted molar refractivity (Wildman–Crippen MR) is 67.4 cm³/mol. The van der Waals surface area contributed by atoms with Crippen molar-refractivity contribution in [3.63, 3.8) is 0 Å². The molecular weight excluding hydrogens is 248 g/mol. The summed E-state index contributed by atoms with van der Waals surface area (Å²) in [4.78, 5) is 38.0. The van der Waals surface area contributed by atoms with Crippen molar-refractivity contribution in [1.29, 1.82) is 0 Å². The zero-order valence-corrected chi connectivity index (χ0v) is 11.2. The Morgan fingerprint density at radius 1 is 1.32 bits per heavy atom. The molecule has 2 aliphatic rings. The summed E-state index contributed by atoms with van der Waals surface area (Å²) in [5.74, 6) is -0.975. The van der Waals surface area contributed by atoms with Crippen LogP contribution in [-0.4, -0.2) is 58.9 Å². The number of piperidine rings is 1. The zero-order valence-electron chi connectivity index (χ0n) is 11.2. The number of rotatable bonds is 3. The van der Waals surface area contributed by atoms with Gasteiger partial charge in [0.05, 0.1) is 12.0 Å². The van der Waals surface area contributed by atoms with Crippen molar-refractivity contribution < 1.29 is 19.5 Å². The molecule has 0 spiro atoms. The topological polar surface area (TPSA) is 77.9 Å². The highest BCUT2D eigenvalue weighted by Gasteiger charge is 2.42. The number of carboxylic acids is 1. The van der Waals surface area contributed by atoms with Gasteiger partial charge in [0.15, 0.2) is 0 Å². The molecule has 2 aliphatic heterocycles. The van der Waals surface area contributed by atoms with Gasteiger partial charge < -0.3 is 14.9 Å². The van der Waals surface area contributed by atoms with E-state index in [0.717, 1.165) is 12.8 Å². The molecule has 2 amide bonds. The fourth-order valence-electron chi connectivity index (χ4n) is 2.64. The lowest BCUT2D eigenvalue weighted by molar-refractivity contribution is -0.148. The van der Waals surface area contributed by atoms with Gasteiger partial charge in [-0.15, -0.1) is 0 Å². The second kappa shape index (κ2) is 5.19. The predicted octanol–water partition coefficient (Wildman–Crippen LogP) is 0.322. The van der Waals surface area contributed by atoms with Crippen molar-refractivity contribution in [2.45, 2.75) is 32.6 Å². The van der Waals surface area contributed by atoms with Crippen LogP contribution in [0.3, 0.4) is 0 Å². The van der Waals surface area contributed by atoms with Gasteiger partial charge in [0.25, 0.3) is 0 Å². The second-order valence-electron chi connectivity index (χ2n) is 5.70. The van der Waals surface area contributed by atoms with Gasteiger partial charge in [-0.05, 0) is 26.2 Å². The average Bonchev–Trinajstić information content (AvgIpc) is 2.76. The largest absolute Gasteiger partial charge is 0.481 e. The minimum atomic E-state index is -0.864. The van der Waals surface area contributed by atoms with Gasteiger partial charge in [0, 0.05) is 26.1 Å². The Kier molecular flexibility index (Phi) is 3.78. The first-order valence-electron chi connectivity index (χ1n) is 6.71. The third kappa shape index (κ3) is 2.88. The van der Waals surface area contributed by atoms with Crippen LogP contribution in [0.1, 0.15) is 32.6 Å². The highest BCUT2D eigenvalue weighted by Crippen LogP contribution is 2.30. The normalized spacial score (nSPS) is 27.7. The summed E-state index contributed by atoms with van der Waals surface area (Å²) in [7, 11) is 0. The SMILES string of the molecule is CC1(C(=O)O)CCN(C(=O)CN2CCCCC2=O)C1. The highest BCUT2D eigenvalue weighted by molar-refractivity contribution is 5.86. The highest BCUT2D eigenvalue weighted by atomic mass is 16.4. The summed E-state index contributed by atoms with van der Waals surface area (Å²) in [6.45, 7) is 3.09. The molecule has 6 heteroatoms. The van der Waals surface area contributed by atoms with Crippen molar-refractivity contribution in [1.82, 2.24) is 9.80 Å². The molecule has 0 aliphatic carbocycles. The van der Waals surface area contributed by atoms with E-state index in [9.17, 15) is 14.4 Å². The summed E-state index contributed by atoms with van der Waals surface area (Å²) < 4.78 is 0. The summed E-state index contributed by atoms with van der Waals surface area (Å²) in [5, 5.41) is 9.13. The van der Waals surface area contributed by atoms with E-state index >= 15 is 0 Å². The summed E-state index contributed by atoms with van der Waals surface area (Å²) >= 11 is 0.